The summed E-state index contributed by atoms with van der Waals surface area (Å²) in [6.45, 7) is 8.69. The van der Waals surface area contributed by atoms with Crippen molar-refractivity contribution in [2.24, 2.45) is 4.99 Å². The molecule has 0 N–H and O–H groups in total. The largest absolute Gasteiger partial charge is 0.490 e. The second kappa shape index (κ2) is 15.2. The molecule has 0 saturated heterocycles. The third kappa shape index (κ3) is 7.02. The number of ether oxygens (including phenoxy) is 3. The van der Waals surface area contributed by atoms with E-state index in [4.69, 9.17) is 19.2 Å². The van der Waals surface area contributed by atoms with Crippen LogP contribution in [0.5, 0.6) is 11.5 Å². The van der Waals surface area contributed by atoms with Gasteiger partial charge in [0, 0.05) is 11.1 Å². The van der Waals surface area contributed by atoms with Crippen molar-refractivity contribution < 1.29 is 19.0 Å². The number of thiazole rings is 1. The molecule has 50 heavy (non-hydrogen) atoms. The van der Waals surface area contributed by atoms with Crippen molar-refractivity contribution in [2.75, 3.05) is 13.2 Å². The highest BCUT2D eigenvalue weighted by atomic mass is 32.1. The lowest BCUT2D eigenvalue weighted by molar-refractivity contribution is -0.138. The molecule has 2 heterocycles. The third-order valence-electron chi connectivity index (χ3n) is 8.38. The molecule has 8 nitrogen and oxygen atoms in total. The fraction of sp³-hybridized carbons (Fsp3) is 0.220. The third-order valence-corrected chi connectivity index (χ3v) is 9.36. The monoisotopic (exact) mass is 683 g/mol. The van der Waals surface area contributed by atoms with E-state index in [1.807, 2.05) is 91.9 Å². The van der Waals surface area contributed by atoms with Crippen molar-refractivity contribution in [2.45, 2.75) is 46.3 Å². The SMILES string of the molecule is CCOC(=O)C1=C(c2ccccc2)N=c2s/c(=C\c3ccc(OCc4ccccc4C#N)c(OCC)c3)c(=O)n2[C@H]1c1ccc(C(C)C)cc1. The van der Waals surface area contributed by atoms with Crippen molar-refractivity contribution in [1.82, 2.24) is 4.57 Å². The molecule has 6 rings (SSSR count). The van der Waals surface area contributed by atoms with E-state index in [1.54, 1.807) is 29.7 Å². The van der Waals surface area contributed by atoms with Gasteiger partial charge in [-0.2, -0.15) is 5.26 Å². The van der Waals surface area contributed by atoms with Gasteiger partial charge in [-0.05, 0) is 60.7 Å². The Hall–Kier alpha value is -5.72. The number of esters is 1. The molecule has 0 amide bonds. The van der Waals surface area contributed by atoms with Gasteiger partial charge < -0.3 is 14.2 Å². The van der Waals surface area contributed by atoms with Gasteiger partial charge in [-0.25, -0.2) is 9.79 Å². The van der Waals surface area contributed by atoms with E-state index in [9.17, 15) is 14.9 Å². The van der Waals surface area contributed by atoms with Gasteiger partial charge in [-0.1, -0.05) is 104 Å². The lowest BCUT2D eigenvalue weighted by Gasteiger charge is -2.26. The smallest absolute Gasteiger partial charge is 0.338 e. The molecule has 1 atom stereocenters. The highest BCUT2D eigenvalue weighted by molar-refractivity contribution is 7.07. The van der Waals surface area contributed by atoms with Crippen LogP contribution < -0.4 is 24.4 Å². The summed E-state index contributed by atoms with van der Waals surface area (Å²) >= 11 is 1.26. The van der Waals surface area contributed by atoms with Crippen molar-refractivity contribution in [1.29, 1.82) is 5.26 Å². The van der Waals surface area contributed by atoms with E-state index < -0.39 is 12.0 Å². The first-order chi connectivity index (χ1) is 24.3. The molecule has 1 aromatic heterocycles. The van der Waals surface area contributed by atoms with Gasteiger partial charge in [0.15, 0.2) is 16.3 Å². The highest BCUT2D eigenvalue weighted by Crippen LogP contribution is 2.36. The van der Waals surface area contributed by atoms with Crippen molar-refractivity contribution >= 4 is 29.1 Å². The molecule has 0 bridgehead atoms. The maximum absolute atomic E-state index is 14.4. The molecule has 9 heteroatoms. The van der Waals surface area contributed by atoms with Crippen molar-refractivity contribution in [3.8, 4) is 17.6 Å². The van der Waals surface area contributed by atoms with E-state index in [-0.39, 0.29) is 18.8 Å². The average molecular weight is 684 g/mol. The van der Waals surface area contributed by atoms with E-state index in [0.29, 0.717) is 50.2 Å². The molecule has 5 aromatic rings. The first-order valence-electron chi connectivity index (χ1n) is 16.6. The number of benzene rings is 4. The van der Waals surface area contributed by atoms with E-state index in [1.165, 1.54) is 11.3 Å². The maximum Gasteiger partial charge on any atom is 0.338 e. The Morgan fingerprint density at radius 1 is 0.940 bits per heavy atom. The van der Waals surface area contributed by atoms with Crippen LogP contribution in [0.4, 0.5) is 0 Å². The van der Waals surface area contributed by atoms with Crippen LogP contribution in [0.2, 0.25) is 0 Å². The van der Waals surface area contributed by atoms with Crippen LogP contribution in [0, 0.1) is 11.3 Å². The minimum atomic E-state index is -0.755. The zero-order chi connectivity index (χ0) is 35.2. The van der Waals surface area contributed by atoms with Gasteiger partial charge in [0.2, 0.25) is 0 Å². The number of aromatic nitrogens is 1. The zero-order valence-electron chi connectivity index (χ0n) is 28.4. The average Bonchev–Trinajstić information content (AvgIpc) is 3.45. The summed E-state index contributed by atoms with van der Waals surface area (Å²) in [5.74, 6) is 0.839. The molecule has 0 spiro atoms. The normalized spacial score (nSPS) is 14.2. The van der Waals surface area contributed by atoms with Crippen LogP contribution in [-0.4, -0.2) is 23.8 Å². The van der Waals surface area contributed by atoms with Gasteiger partial charge in [0.25, 0.3) is 5.56 Å². The standard InChI is InChI=1S/C41H37N3O5S/c1-5-47-34-22-27(16-21-33(34)49-25-32-15-11-10-14-31(32)24-42)23-35-39(45)44-38(30-19-17-28(18-20-30)26(3)4)36(40(46)48-6-2)37(43-41(44)50-35)29-12-8-7-9-13-29/h7-23,26,38H,5-6,25H2,1-4H3/b35-23-/t38-/m0/s1. The fourth-order valence-electron chi connectivity index (χ4n) is 5.88. The summed E-state index contributed by atoms with van der Waals surface area (Å²) < 4.78 is 19.7. The lowest BCUT2D eigenvalue weighted by Crippen LogP contribution is -2.40. The van der Waals surface area contributed by atoms with Gasteiger partial charge in [0.1, 0.15) is 6.61 Å². The molecule has 0 radical (unpaired) electrons. The number of fused-ring (bicyclic) bond motifs is 1. The van der Waals surface area contributed by atoms with Gasteiger partial charge in [-0.15, -0.1) is 0 Å². The Bertz CT molecular complexity index is 2280. The van der Waals surface area contributed by atoms with Gasteiger partial charge in [0.05, 0.1) is 46.7 Å². The number of nitriles is 1. The molecule has 0 fully saturated rings. The minimum Gasteiger partial charge on any atom is -0.490 e. The fourth-order valence-corrected chi connectivity index (χ4v) is 6.88. The maximum atomic E-state index is 14.4. The van der Waals surface area contributed by atoms with Crippen LogP contribution >= 0.6 is 11.3 Å². The van der Waals surface area contributed by atoms with E-state index in [2.05, 4.69) is 19.9 Å². The molecule has 0 aliphatic carbocycles. The molecule has 1 aliphatic rings. The summed E-state index contributed by atoms with van der Waals surface area (Å²) in [4.78, 5) is 33.6. The number of hydrogen-bond acceptors (Lipinski definition) is 8. The predicted octanol–water partition coefficient (Wildman–Crippen LogP) is 6.91. The summed E-state index contributed by atoms with van der Waals surface area (Å²) in [5.41, 5.74) is 5.26. The zero-order valence-corrected chi connectivity index (χ0v) is 29.2. The Labute approximate surface area is 294 Å². The van der Waals surface area contributed by atoms with Crippen LogP contribution in [-0.2, 0) is 16.1 Å². The van der Waals surface area contributed by atoms with Crippen LogP contribution in [0.3, 0.4) is 0 Å². The molecular formula is C41H37N3O5S. The van der Waals surface area contributed by atoms with Crippen molar-refractivity contribution in [3.05, 3.63) is 156 Å². The number of nitrogens with zero attached hydrogens (tertiary/aromatic N) is 3. The van der Waals surface area contributed by atoms with Crippen LogP contribution in [0.15, 0.2) is 112 Å². The van der Waals surface area contributed by atoms with Gasteiger partial charge >= 0.3 is 5.97 Å². The molecule has 0 saturated carbocycles. The summed E-state index contributed by atoms with van der Waals surface area (Å²) in [7, 11) is 0. The Morgan fingerprint density at radius 2 is 1.68 bits per heavy atom. The first kappa shape index (κ1) is 34.2. The van der Waals surface area contributed by atoms with Crippen LogP contribution in [0.25, 0.3) is 11.8 Å². The highest BCUT2D eigenvalue weighted by Gasteiger charge is 2.35. The number of carbonyl (C=O) groups excluding carboxylic acids is 1. The second-order valence-electron chi connectivity index (χ2n) is 11.9. The van der Waals surface area contributed by atoms with E-state index >= 15 is 0 Å². The number of rotatable bonds is 11. The Kier molecular flexibility index (Phi) is 10.4. The van der Waals surface area contributed by atoms with E-state index in [0.717, 1.165) is 27.8 Å². The Morgan fingerprint density at radius 3 is 2.38 bits per heavy atom. The molecular weight excluding hydrogens is 647 g/mol. The topological polar surface area (TPSA) is 103 Å². The Balaban J connectivity index is 1.48. The van der Waals surface area contributed by atoms with Crippen molar-refractivity contribution in [3.63, 3.8) is 0 Å². The van der Waals surface area contributed by atoms with Gasteiger partial charge in [-0.3, -0.25) is 9.36 Å². The number of carbonyl (C=O) groups is 1. The predicted molar refractivity (Wildman–Crippen MR) is 195 cm³/mol. The molecule has 1 aliphatic heterocycles. The van der Waals surface area contributed by atoms with Crippen LogP contribution in [0.1, 0.15) is 73.0 Å². The number of hydrogen-bond donors (Lipinski definition) is 0. The molecule has 4 aromatic carbocycles. The minimum absolute atomic E-state index is 0.181. The first-order valence-corrected chi connectivity index (χ1v) is 17.4. The molecule has 0 unspecified atom stereocenters. The lowest BCUT2D eigenvalue weighted by atomic mass is 9.91. The summed E-state index contributed by atoms with van der Waals surface area (Å²) in [6.07, 6.45) is 1.80. The molecule has 252 valence electrons. The second-order valence-corrected chi connectivity index (χ2v) is 13.0. The summed E-state index contributed by atoms with van der Waals surface area (Å²) in [6, 6.07) is 31.8. The summed E-state index contributed by atoms with van der Waals surface area (Å²) in [5, 5.41) is 9.47. The quantitative estimate of drug-likeness (QED) is 0.140.